The molecular formula is C12H11F5O. The average molecular weight is 268 g/mol. The second-order valence-corrected chi connectivity index (χ2v) is 4.27. The third-order valence-corrected chi connectivity index (χ3v) is 2.67. The molecule has 0 fully saturated rings. The fourth-order valence-electron chi connectivity index (χ4n) is 1.94. The summed E-state index contributed by atoms with van der Waals surface area (Å²) in [7, 11) is 0. The summed E-state index contributed by atoms with van der Waals surface area (Å²) in [5.74, 6) is -4.86. The Morgan fingerprint density at radius 3 is 2.67 bits per heavy atom. The van der Waals surface area contributed by atoms with Crippen LogP contribution >= 0.6 is 0 Å². The van der Waals surface area contributed by atoms with Crippen LogP contribution in [0.5, 0.6) is 5.75 Å². The lowest BCUT2D eigenvalue weighted by molar-refractivity contribution is -0.276. The molecule has 1 aromatic carbocycles. The van der Waals surface area contributed by atoms with Crippen LogP contribution < -0.4 is 4.74 Å². The van der Waals surface area contributed by atoms with Crippen LogP contribution in [0.4, 0.5) is 22.0 Å². The zero-order chi connectivity index (χ0) is 15.3. The number of halogens is 5. The van der Waals surface area contributed by atoms with Crippen molar-refractivity contribution in [2.24, 2.45) is 5.92 Å². The van der Waals surface area contributed by atoms with Crippen LogP contribution in [0, 0.1) is 17.6 Å². The van der Waals surface area contributed by atoms with Crippen molar-refractivity contribution in [1.82, 2.24) is 0 Å². The zero-order valence-electron chi connectivity index (χ0n) is 11.4. The lowest BCUT2D eigenvalue weighted by atomic mass is 9.84. The van der Waals surface area contributed by atoms with E-state index in [1.807, 2.05) is 0 Å². The van der Waals surface area contributed by atoms with E-state index in [0.29, 0.717) is 6.07 Å². The van der Waals surface area contributed by atoms with Gasteiger partial charge < -0.3 is 4.74 Å². The molecule has 0 saturated heterocycles. The number of alkyl halides is 3. The van der Waals surface area contributed by atoms with E-state index in [2.05, 4.69) is 4.74 Å². The third kappa shape index (κ3) is 2.57. The molecule has 0 heterocycles. The van der Waals surface area contributed by atoms with E-state index < -0.39 is 35.7 Å². The van der Waals surface area contributed by atoms with Gasteiger partial charge in [0, 0.05) is 2.74 Å². The van der Waals surface area contributed by atoms with Crippen molar-refractivity contribution in [3.63, 3.8) is 0 Å². The molecule has 100 valence electrons. The maximum Gasteiger partial charge on any atom is 0.573 e. The first-order valence-electron chi connectivity index (χ1n) is 6.28. The van der Waals surface area contributed by atoms with Gasteiger partial charge in [0.05, 0.1) is 0 Å². The van der Waals surface area contributed by atoms with E-state index in [4.69, 9.17) is 2.74 Å². The van der Waals surface area contributed by atoms with Crippen molar-refractivity contribution < 1.29 is 29.4 Å². The Bertz CT molecular complexity index is 542. The van der Waals surface area contributed by atoms with Crippen LogP contribution in [-0.2, 0) is 12.8 Å². The number of rotatable bonds is 1. The predicted molar refractivity (Wildman–Crippen MR) is 54.2 cm³/mol. The fourth-order valence-corrected chi connectivity index (χ4v) is 1.94. The summed E-state index contributed by atoms with van der Waals surface area (Å²) in [6.45, 7) is 1.71. The SMILES string of the molecule is [2H]C1([2H])CC(C)Cc2cc(F)c(OC(F)(F)F)c(F)c21. The molecule has 1 aliphatic rings. The Kier molecular flexibility index (Phi) is 2.59. The van der Waals surface area contributed by atoms with Crippen molar-refractivity contribution in [3.8, 4) is 5.75 Å². The zero-order valence-corrected chi connectivity index (χ0v) is 9.37. The van der Waals surface area contributed by atoms with E-state index >= 15 is 0 Å². The average Bonchev–Trinajstić information content (AvgIpc) is 2.19. The molecule has 18 heavy (non-hydrogen) atoms. The lowest BCUT2D eigenvalue weighted by Crippen LogP contribution is -2.21. The van der Waals surface area contributed by atoms with E-state index in [1.165, 1.54) is 0 Å². The van der Waals surface area contributed by atoms with Gasteiger partial charge in [-0.2, -0.15) is 0 Å². The first-order valence-corrected chi connectivity index (χ1v) is 5.28. The molecule has 0 aliphatic heterocycles. The van der Waals surface area contributed by atoms with Gasteiger partial charge in [0.2, 0.25) is 5.75 Å². The molecule has 1 aliphatic carbocycles. The molecule has 0 saturated carbocycles. The molecule has 0 bridgehead atoms. The summed E-state index contributed by atoms with van der Waals surface area (Å²) >= 11 is 0. The molecule has 1 aromatic rings. The van der Waals surface area contributed by atoms with Gasteiger partial charge in [-0.3, -0.25) is 0 Å². The van der Waals surface area contributed by atoms with Gasteiger partial charge in [-0.05, 0) is 42.3 Å². The minimum atomic E-state index is -5.25. The molecule has 0 spiro atoms. The van der Waals surface area contributed by atoms with Gasteiger partial charge in [-0.25, -0.2) is 8.78 Å². The quantitative estimate of drug-likeness (QED) is 0.700. The standard InChI is InChI=1S/C12H11F5O/c1-6-2-3-8-7(4-6)5-9(13)11(10(8)14)18-12(15,16)17/h5-6H,2-4H2,1H3/i3D2. The van der Waals surface area contributed by atoms with Crippen molar-refractivity contribution >= 4 is 0 Å². The summed E-state index contributed by atoms with van der Waals surface area (Å²) < 4.78 is 82.9. The first-order chi connectivity index (χ1) is 9.01. The molecular weight excluding hydrogens is 255 g/mol. The molecule has 1 atom stereocenters. The Balaban J connectivity index is 2.60. The minimum absolute atomic E-state index is 0.0401. The predicted octanol–water partition coefficient (Wildman–Crippen LogP) is 3.99. The number of benzene rings is 1. The summed E-state index contributed by atoms with van der Waals surface area (Å²) in [4.78, 5) is 0. The number of ether oxygens (including phenoxy) is 1. The molecule has 0 radical (unpaired) electrons. The summed E-state index contributed by atoms with van der Waals surface area (Å²) in [5.41, 5.74) is -0.505. The third-order valence-electron chi connectivity index (χ3n) is 2.67. The Morgan fingerprint density at radius 2 is 2.06 bits per heavy atom. The van der Waals surface area contributed by atoms with E-state index in [0.717, 1.165) is 0 Å². The first kappa shape index (κ1) is 10.6. The second kappa shape index (κ2) is 4.40. The van der Waals surface area contributed by atoms with Gasteiger partial charge >= 0.3 is 6.36 Å². The van der Waals surface area contributed by atoms with E-state index in [1.54, 1.807) is 6.92 Å². The number of hydrogen-bond acceptors (Lipinski definition) is 1. The van der Waals surface area contributed by atoms with Gasteiger partial charge in [0.25, 0.3) is 0 Å². The largest absolute Gasteiger partial charge is 0.573 e. The van der Waals surface area contributed by atoms with Crippen molar-refractivity contribution in [3.05, 3.63) is 28.8 Å². The van der Waals surface area contributed by atoms with Gasteiger partial charge in [0.1, 0.15) is 0 Å². The fraction of sp³-hybridized carbons (Fsp3) is 0.500. The van der Waals surface area contributed by atoms with E-state index in [-0.39, 0.29) is 24.3 Å². The van der Waals surface area contributed by atoms with Gasteiger partial charge in [-0.15, -0.1) is 13.2 Å². The smallest absolute Gasteiger partial charge is 0.399 e. The van der Waals surface area contributed by atoms with Crippen molar-refractivity contribution in [2.45, 2.75) is 32.5 Å². The Labute approximate surface area is 103 Å². The van der Waals surface area contributed by atoms with Crippen LogP contribution in [0.2, 0.25) is 0 Å². The van der Waals surface area contributed by atoms with Crippen LogP contribution in [0.15, 0.2) is 6.07 Å². The molecule has 0 N–H and O–H groups in total. The monoisotopic (exact) mass is 268 g/mol. The molecule has 0 aromatic heterocycles. The van der Waals surface area contributed by atoms with Crippen LogP contribution in [-0.4, -0.2) is 6.36 Å². The number of hydrogen-bond donors (Lipinski definition) is 0. The molecule has 6 heteroatoms. The Morgan fingerprint density at radius 1 is 1.39 bits per heavy atom. The second-order valence-electron chi connectivity index (χ2n) is 4.27. The van der Waals surface area contributed by atoms with Gasteiger partial charge in [-0.1, -0.05) is 6.92 Å². The van der Waals surface area contributed by atoms with Crippen LogP contribution in [0.25, 0.3) is 0 Å². The van der Waals surface area contributed by atoms with Crippen LogP contribution in [0.3, 0.4) is 0 Å². The van der Waals surface area contributed by atoms with Crippen molar-refractivity contribution in [1.29, 1.82) is 0 Å². The highest BCUT2D eigenvalue weighted by atomic mass is 19.4. The highest BCUT2D eigenvalue weighted by Gasteiger charge is 2.35. The molecule has 2 rings (SSSR count). The summed E-state index contributed by atoms with van der Waals surface area (Å²) in [6, 6.07) is 0.715. The Hall–Kier alpha value is -1.33. The highest BCUT2D eigenvalue weighted by Crippen LogP contribution is 2.36. The molecule has 1 nitrogen and oxygen atoms in total. The van der Waals surface area contributed by atoms with E-state index in [9.17, 15) is 22.0 Å². The summed E-state index contributed by atoms with van der Waals surface area (Å²) in [5, 5.41) is 0. The molecule has 1 unspecified atom stereocenters. The van der Waals surface area contributed by atoms with Crippen molar-refractivity contribution in [2.75, 3.05) is 0 Å². The summed E-state index contributed by atoms with van der Waals surface area (Å²) in [6.07, 6.45) is -7.25. The lowest BCUT2D eigenvalue weighted by Gasteiger charge is -2.23. The van der Waals surface area contributed by atoms with Gasteiger partial charge in [0.15, 0.2) is 11.6 Å². The normalized spacial score (nSPS) is 24.0. The maximum absolute atomic E-state index is 14.1. The highest BCUT2D eigenvalue weighted by molar-refractivity contribution is 5.40. The van der Waals surface area contributed by atoms with Crippen LogP contribution in [0.1, 0.15) is 27.2 Å². The number of fused-ring (bicyclic) bond motifs is 1. The topological polar surface area (TPSA) is 9.23 Å². The minimum Gasteiger partial charge on any atom is -0.399 e. The maximum atomic E-state index is 14.1. The molecule has 0 amide bonds.